The van der Waals surface area contributed by atoms with Crippen LogP contribution in [0.1, 0.15) is 323 Å². The highest BCUT2D eigenvalue weighted by atomic mass is 31.2. The van der Waals surface area contributed by atoms with E-state index in [-0.39, 0.29) is 25.7 Å². The number of phosphoric ester groups is 2. The highest BCUT2D eigenvalue weighted by Gasteiger charge is 2.30. The summed E-state index contributed by atoms with van der Waals surface area (Å²) in [4.78, 5) is 73.2. The van der Waals surface area contributed by atoms with Gasteiger partial charge in [0.15, 0.2) is 12.2 Å². The zero-order valence-corrected chi connectivity index (χ0v) is 69.3. The number of hydrogen-bond acceptors (Lipinski definition) is 15. The first kappa shape index (κ1) is 103. The standard InChI is InChI=1S/C89H148O17P2/c1-5-9-13-17-21-25-29-33-37-40-41-44-47-50-54-58-62-66-70-74-87(92)100-80-85(106-89(94)76-72-68-64-60-56-52-48-43-39-35-31-27-23-19-15-11-7-3)82-104-108(97,98)102-78-83(90)77-101-107(95,96)103-81-84(105-88(93)75-71-67-63-59-55-51-45-36-32-28-24-20-16-12-8-4)79-99-86(91)73-69-65-61-57-53-49-46-42-38-34-30-26-22-18-14-10-6-2/h9-11,13-15,21-23,25-27,33-35,37-39,41,44,48,50,52,54,62,66,83-85,90H,5-8,12,16-20,24,28-32,36,40,42-43,45-47,49,51,53,55-61,63-65,67-82H2,1-4H3,(H,95,96)(H,97,98)/b13-9-,14-10-,15-11-,25-21-,26-22-,27-23-,37-33-,38-34-,39-35-,44-41-,52-48-,54-50-,66-62-. The monoisotopic (exact) mass is 1550 g/mol. The lowest BCUT2D eigenvalue weighted by molar-refractivity contribution is -0.161. The van der Waals surface area contributed by atoms with Gasteiger partial charge in [-0.15, -0.1) is 0 Å². The minimum absolute atomic E-state index is 0.0258. The lowest BCUT2D eigenvalue weighted by atomic mass is 10.0. The summed E-state index contributed by atoms with van der Waals surface area (Å²) in [5.41, 5.74) is 0. The van der Waals surface area contributed by atoms with Gasteiger partial charge in [-0.2, -0.15) is 0 Å². The number of hydrogen-bond donors (Lipinski definition) is 3. The van der Waals surface area contributed by atoms with Gasteiger partial charge in [0.2, 0.25) is 0 Å². The molecule has 5 unspecified atom stereocenters. The lowest BCUT2D eigenvalue weighted by Gasteiger charge is -2.21. The molecular weight excluding hydrogens is 1400 g/mol. The van der Waals surface area contributed by atoms with Crippen LogP contribution in [-0.4, -0.2) is 96.7 Å². The first-order valence-electron chi connectivity index (χ1n) is 41.7. The van der Waals surface area contributed by atoms with Gasteiger partial charge in [-0.3, -0.25) is 37.3 Å². The number of allylic oxidation sites excluding steroid dienone is 26. The van der Waals surface area contributed by atoms with Crippen LogP contribution in [0.15, 0.2) is 158 Å². The summed E-state index contributed by atoms with van der Waals surface area (Å²) in [6, 6.07) is 0. The second kappa shape index (κ2) is 79.8. The maximum atomic E-state index is 13.1. The Morgan fingerprint density at radius 2 is 0.500 bits per heavy atom. The van der Waals surface area contributed by atoms with Crippen molar-refractivity contribution >= 4 is 39.5 Å². The van der Waals surface area contributed by atoms with Crippen molar-refractivity contribution in [3.8, 4) is 0 Å². The molecule has 0 heterocycles. The molecule has 5 atom stereocenters. The molecule has 616 valence electrons. The Kier molecular flexibility index (Phi) is 75.8. The summed E-state index contributed by atoms with van der Waals surface area (Å²) < 4.78 is 68.7. The van der Waals surface area contributed by atoms with E-state index in [4.69, 9.17) is 37.0 Å². The molecule has 0 fully saturated rings. The summed E-state index contributed by atoms with van der Waals surface area (Å²) in [5.74, 6) is -2.31. The van der Waals surface area contributed by atoms with Crippen LogP contribution in [0.4, 0.5) is 0 Å². The highest BCUT2D eigenvalue weighted by Crippen LogP contribution is 2.45. The van der Waals surface area contributed by atoms with E-state index in [9.17, 15) is 43.2 Å². The predicted molar refractivity (Wildman–Crippen MR) is 445 cm³/mol. The zero-order chi connectivity index (χ0) is 78.9. The van der Waals surface area contributed by atoms with Crippen molar-refractivity contribution in [1.29, 1.82) is 0 Å². The van der Waals surface area contributed by atoms with E-state index in [0.717, 1.165) is 173 Å². The fourth-order valence-electron chi connectivity index (χ4n) is 10.8. The molecule has 0 aliphatic rings. The third kappa shape index (κ3) is 78.8. The van der Waals surface area contributed by atoms with Gasteiger partial charge in [0.1, 0.15) is 19.3 Å². The van der Waals surface area contributed by atoms with Gasteiger partial charge in [0.05, 0.1) is 26.4 Å². The number of aliphatic hydroxyl groups excluding tert-OH is 1. The van der Waals surface area contributed by atoms with E-state index in [1.165, 1.54) is 64.2 Å². The fourth-order valence-corrected chi connectivity index (χ4v) is 12.4. The fraction of sp³-hybridized carbons (Fsp3) is 0.663. The number of carbonyl (C=O) groups excluding carboxylic acids is 4. The van der Waals surface area contributed by atoms with Gasteiger partial charge in [0, 0.05) is 25.7 Å². The first-order valence-corrected chi connectivity index (χ1v) is 44.7. The average molecular weight is 1550 g/mol. The number of ether oxygens (including phenoxy) is 4. The second-order valence-electron chi connectivity index (χ2n) is 27.3. The molecule has 0 aliphatic heterocycles. The Morgan fingerprint density at radius 1 is 0.269 bits per heavy atom. The van der Waals surface area contributed by atoms with Crippen molar-refractivity contribution in [2.24, 2.45) is 0 Å². The quantitative estimate of drug-likeness (QED) is 0.0169. The van der Waals surface area contributed by atoms with Crippen molar-refractivity contribution in [3.63, 3.8) is 0 Å². The SMILES string of the molecule is CC/C=C\C/C=C\C/C=C\C/C=C\C/C=C\C/C=C\CCC(=O)OCC(COP(=O)(O)OCC(O)COP(=O)(O)OCC(COC(=O)CCCCCCCCC/C=C\C/C=C\C/C=C\CC)OC(=O)CCCCCCCCCCCCCCCCC)OC(=O)CCCCCC/C=C\C/C=C\C/C=C\C/C=C\CC. The molecule has 0 aromatic rings. The summed E-state index contributed by atoms with van der Waals surface area (Å²) in [6.07, 6.45) is 93.6. The Labute approximate surface area is 655 Å². The van der Waals surface area contributed by atoms with Crippen molar-refractivity contribution in [3.05, 3.63) is 158 Å². The lowest BCUT2D eigenvalue weighted by Crippen LogP contribution is -2.30. The molecule has 108 heavy (non-hydrogen) atoms. The molecule has 0 spiro atoms. The van der Waals surface area contributed by atoms with E-state index in [1.807, 2.05) is 18.2 Å². The van der Waals surface area contributed by atoms with Crippen LogP contribution in [0.25, 0.3) is 0 Å². The molecule has 0 aromatic heterocycles. The van der Waals surface area contributed by atoms with Crippen LogP contribution in [0.5, 0.6) is 0 Å². The number of esters is 4. The molecule has 19 heteroatoms. The molecule has 0 radical (unpaired) electrons. The van der Waals surface area contributed by atoms with E-state index in [1.54, 1.807) is 0 Å². The Morgan fingerprint density at radius 3 is 0.796 bits per heavy atom. The molecule has 0 saturated carbocycles. The zero-order valence-electron chi connectivity index (χ0n) is 67.5. The van der Waals surface area contributed by atoms with Gasteiger partial charge in [-0.1, -0.05) is 321 Å². The molecular formula is C89H148O17P2. The van der Waals surface area contributed by atoms with E-state index < -0.39 is 97.5 Å². The Balaban J connectivity index is 5.47. The van der Waals surface area contributed by atoms with Gasteiger partial charge in [0.25, 0.3) is 0 Å². The van der Waals surface area contributed by atoms with E-state index >= 15 is 0 Å². The number of rotatable bonds is 77. The first-order chi connectivity index (χ1) is 52.7. The minimum atomic E-state index is -5.01. The third-order valence-corrected chi connectivity index (χ3v) is 18.9. The minimum Gasteiger partial charge on any atom is -0.462 e. The van der Waals surface area contributed by atoms with Crippen LogP contribution in [0.2, 0.25) is 0 Å². The normalized spacial score (nSPS) is 14.6. The maximum Gasteiger partial charge on any atom is 0.472 e. The highest BCUT2D eigenvalue weighted by molar-refractivity contribution is 7.47. The summed E-state index contributed by atoms with van der Waals surface area (Å²) >= 11 is 0. The van der Waals surface area contributed by atoms with Crippen LogP contribution in [-0.2, 0) is 65.4 Å². The van der Waals surface area contributed by atoms with Gasteiger partial charge >= 0.3 is 39.5 Å². The van der Waals surface area contributed by atoms with Gasteiger partial charge in [-0.25, -0.2) is 9.13 Å². The van der Waals surface area contributed by atoms with Crippen LogP contribution >= 0.6 is 15.6 Å². The number of carbonyl (C=O) groups is 4. The molecule has 3 N–H and O–H groups in total. The molecule has 0 aliphatic carbocycles. The van der Waals surface area contributed by atoms with E-state index in [2.05, 4.69) is 167 Å². The van der Waals surface area contributed by atoms with Crippen LogP contribution in [0.3, 0.4) is 0 Å². The molecule has 17 nitrogen and oxygen atoms in total. The molecule has 0 saturated heterocycles. The summed E-state index contributed by atoms with van der Waals surface area (Å²) in [7, 11) is -10.0. The maximum absolute atomic E-state index is 13.1. The number of phosphoric acid groups is 2. The number of unbranched alkanes of at least 4 members (excludes halogenated alkanes) is 25. The van der Waals surface area contributed by atoms with Gasteiger partial charge in [-0.05, 0) is 135 Å². The Hall–Kier alpha value is -5.32. The van der Waals surface area contributed by atoms with Crippen molar-refractivity contribution in [2.75, 3.05) is 39.6 Å². The van der Waals surface area contributed by atoms with Crippen LogP contribution in [0, 0.1) is 0 Å². The number of aliphatic hydroxyl groups is 1. The summed E-state index contributed by atoms with van der Waals surface area (Å²) in [5, 5.41) is 10.7. The van der Waals surface area contributed by atoms with Crippen molar-refractivity contribution < 1.29 is 80.2 Å². The summed E-state index contributed by atoms with van der Waals surface area (Å²) in [6.45, 7) is 4.44. The largest absolute Gasteiger partial charge is 0.472 e. The second-order valence-corrected chi connectivity index (χ2v) is 30.2. The average Bonchev–Trinajstić information content (AvgIpc) is 0.906. The molecule has 0 amide bonds. The van der Waals surface area contributed by atoms with Gasteiger partial charge < -0.3 is 33.8 Å². The molecule has 0 bridgehead atoms. The molecule has 0 rings (SSSR count). The molecule has 0 aromatic carbocycles. The van der Waals surface area contributed by atoms with Crippen molar-refractivity contribution in [2.45, 2.75) is 341 Å². The smallest absolute Gasteiger partial charge is 0.462 e. The Bertz CT molecular complexity index is 2660. The van der Waals surface area contributed by atoms with Crippen LogP contribution < -0.4 is 0 Å². The predicted octanol–water partition coefficient (Wildman–Crippen LogP) is 24.8. The topological polar surface area (TPSA) is 237 Å². The van der Waals surface area contributed by atoms with E-state index in [0.29, 0.717) is 32.1 Å². The third-order valence-electron chi connectivity index (χ3n) is 17.0. The van der Waals surface area contributed by atoms with Crippen molar-refractivity contribution in [1.82, 2.24) is 0 Å².